The quantitative estimate of drug-likeness (QED) is 0.519. The molecule has 1 rings (SSSR count). The van der Waals surface area contributed by atoms with E-state index in [4.69, 9.17) is 0 Å². The minimum atomic E-state index is -1.15. The van der Waals surface area contributed by atoms with E-state index < -0.39 is 11.4 Å². The highest BCUT2D eigenvalue weighted by molar-refractivity contribution is 6.03. The predicted molar refractivity (Wildman–Crippen MR) is 53.2 cm³/mol. The van der Waals surface area contributed by atoms with E-state index in [1.165, 1.54) is 14.0 Å². The molecule has 4 heteroatoms. The van der Waals surface area contributed by atoms with Crippen molar-refractivity contribution in [2.24, 2.45) is 11.3 Å². The average molecular weight is 212 g/mol. The third kappa shape index (κ3) is 1.94. The number of Topliss-reactive ketones (excluding diaryl/α,β-unsaturated/α-hetero) is 2. The third-order valence-electron chi connectivity index (χ3n) is 3.40. The summed E-state index contributed by atoms with van der Waals surface area (Å²) in [5.41, 5.74) is -1.15. The monoisotopic (exact) mass is 212 g/mol. The minimum Gasteiger partial charge on any atom is -0.468 e. The molecule has 0 heterocycles. The second-order valence-electron chi connectivity index (χ2n) is 4.23. The van der Waals surface area contributed by atoms with Gasteiger partial charge in [0.15, 0.2) is 0 Å². The zero-order valence-electron chi connectivity index (χ0n) is 9.33. The molecule has 1 aliphatic rings. The van der Waals surface area contributed by atoms with E-state index in [9.17, 15) is 14.4 Å². The summed E-state index contributed by atoms with van der Waals surface area (Å²) in [5.74, 6) is -0.838. The lowest BCUT2D eigenvalue weighted by atomic mass is 9.73. The van der Waals surface area contributed by atoms with Crippen LogP contribution in [-0.2, 0) is 19.1 Å². The second-order valence-corrected chi connectivity index (χ2v) is 4.23. The molecule has 0 aromatic rings. The molecule has 15 heavy (non-hydrogen) atoms. The van der Waals surface area contributed by atoms with Gasteiger partial charge in [0.2, 0.25) is 0 Å². The Hall–Kier alpha value is -1.19. The SMILES string of the molecule is COC(=O)[C@@](C)(C(C)=O)[C@@H]1CCC(=O)C1. The van der Waals surface area contributed by atoms with Gasteiger partial charge in [0.1, 0.15) is 17.0 Å². The van der Waals surface area contributed by atoms with Crippen LogP contribution in [-0.4, -0.2) is 24.6 Å². The van der Waals surface area contributed by atoms with Gasteiger partial charge in [-0.2, -0.15) is 0 Å². The first-order valence-corrected chi connectivity index (χ1v) is 5.04. The Bertz CT molecular complexity index is 308. The third-order valence-corrected chi connectivity index (χ3v) is 3.40. The maximum absolute atomic E-state index is 11.6. The van der Waals surface area contributed by atoms with Gasteiger partial charge in [-0.15, -0.1) is 0 Å². The fraction of sp³-hybridized carbons (Fsp3) is 0.727. The van der Waals surface area contributed by atoms with Gasteiger partial charge in [0.05, 0.1) is 7.11 Å². The smallest absolute Gasteiger partial charge is 0.319 e. The van der Waals surface area contributed by atoms with Crippen LogP contribution in [0.4, 0.5) is 0 Å². The van der Waals surface area contributed by atoms with E-state index in [2.05, 4.69) is 4.74 Å². The molecular formula is C11H16O4. The summed E-state index contributed by atoms with van der Waals surface area (Å²) in [6.45, 7) is 2.95. The lowest BCUT2D eigenvalue weighted by molar-refractivity contribution is -0.160. The van der Waals surface area contributed by atoms with Crippen LogP contribution in [0.1, 0.15) is 33.1 Å². The van der Waals surface area contributed by atoms with Crippen LogP contribution in [0.2, 0.25) is 0 Å². The number of methoxy groups -OCH3 is 1. The van der Waals surface area contributed by atoms with Crippen molar-refractivity contribution in [2.75, 3.05) is 7.11 Å². The summed E-state index contributed by atoms with van der Waals surface area (Å²) in [6.07, 6.45) is 1.37. The summed E-state index contributed by atoms with van der Waals surface area (Å²) in [4.78, 5) is 34.3. The van der Waals surface area contributed by atoms with Gasteiger partial charge in [0.25, 0.3) is 0 Å². The number of hydrogen-bond acceptors (Lipinski definition) is 4. The molecule has 0 spiro atoms. The number of esters is 1. The van der Waals surface area contributed by atoms with E-state index in [1.54, 1.807) is 6.92 Å². The number of carbonyl (C=O) groups is 3. The van der Waals surface area contributed by atoms with Crippen molar-refractivity contribution in [3.63, 3.8) is 0 Å². The maximum Gasteiger partial charge on any atom is 0.319 e. The molecule has 0 saturated heterocycles. The van der Waals surface area contributed by atoms with Gasteiger partial charge in [-0.1, -0.05) is 0 Å². The molecule has 4 nitrogen and oxygen atoms in total. The van der Waals surface area contributed by atoms with Crippen LogP contribution < -0.4 is 0 Å². The van der Waals surface area contributed by atoms with Crippen LogP contribution >= 0.6 is 0 Å². The van der Waals surface area contributed by atoms with Crippen molar-refractivity contribution in [1.29, 1.82) is 0 Å². The standard InChI is InChI=1S/C11H16O4/c1-7(12)11(2,10(14)15-3)8-4-5-9(13)6-8/h8H,4-6H2,1-3H3/t8-,11+/m1/s1. The Morgan fingerprint density at radius 3 is 2.40 bits per heavy atom. The fourth-order valence-electron chi connectivity index (χ4n) is 2.12. The molecule has 0 aromatic carbocycles. The van der Waals surface area contributed by atoms with Crippen molar-refractivity contribution >= 4 is 17.5 Å². The van der Waals surface area contributed by atoms with Gasteiger partial charge in [-0.05, 0) is 26.2 Å². The van der Waals surface area contributed by atoms with Crippen LogP contribution in [0.15, 0.2) is 0 Å². The molecule has 0 unspecified atom stereocenters. The average Bonchev–Trinajstić information content (AvgIpc) is 2.62. The van der Waals surface area contributed by atoms with Crippen molar-refractivity contribution < 1.29 is 19.1 Å². The van der Waals surface area contributed by atoms with Crippen LogP contribution in [0.5, 0.6) is 0 Å². The Balaban J connectivity index is 2.96. The number of hydrogen-bond donors (Lipinski definition) is 0. The molecule has 1 aliphatic carbocycles. The summed E-state index contributed by atoms with van der Waals surface area (Å²) < 4.78 is 4.65. The van der Waals surface area contributed by atoms with Crippen molar-refractivity contribution in [3.8, 4) is 0 Å². The highest BCUT2D eigenvalue weighted by Crippen LogP contribution is 2.40. The summed E-state index contributed by atoms with van der Waals surface area (Å²) in [7, 11) is 1.26. The second kappa shape index (κ2) is 4.13. The molecule has 2 atom stereocenters. The number of ether oxygens (including phenoxy) is 1. The lowest BCUT2D eigenvalue weighted by Crippen LogP contribution is -2.42. The van der Waals surface area contributed by atoms with E-state index in [1.807, 2.05) is 0 Å². The van der Waals surface area contributed by atoms with Crippen LogP contribution in [0, 0.1) is 11.3 Å². The molecule has 1 fully saturated rings. The highest BCUT2D eigenvalue weighted by atomic mass is 16.5. The Morgan fingerprint density at radius 1 is 1.47 bits per heavy atom. The Labute approximate surface area is 89.0 Å². The van der Waals surface area contributed by atoms with E-state index in [0.717, 1.165) is 0 Å². The van der Waals surface area contributed by atoms with Crippen molar-refractivity contribution in [2.45, 2.75) is 33.1 Å². The molecule has 1 saturated carbocycles. The van der Waals surface area contributed by atoms with Gasteiger partial charge in [0, 0.05) is 12.8 Å². The Kier molecular flexibility index (Phi) is 3.27. The summed E-state index contributed by atoms with van der Waals surface area (Å²) >= 11 is 0. The van der Waals surface area contributed by atoms with Crippen LogP contribution in [0.25, 0.3) is 0 Å². The van der Waals surface area contributed by atoms with Crippen molar-refractivity contribution in [3.05, 3.63) is 0 Å². The molecular weight excluding hydrogens is 196 g/mol. The Morgan fingerprint density at radius 2 is 2.07 bits per heavy atom. The topological polar surface area (TPSA) is 60.4 Å². The number of carbonyl (C=O) groups excluding carboxylic acids is 3. The molecule has 0 aliphatic heterocycles. The van der Waals surface area contributed by atoms with Crippen molar-refractivity contribution in [1.82, 2.24) is 0 Å². The summed E-state index contributed by atoms with van der Waals surface area (Å²) in [6, 6.07) is 0. The van der Waals surface area contributed by atoms with Gasteiger partial charge in [-0.3, -0.25) is 14.4 Å². The molecule has 0 aromatic heterocycles. The van der Waals surface area contributed by atoms with Gasteiger partial charge < -0.3 is 4.74 Å². The first kappa shape index (κ1) is 11.9. The lowest BCUT2D eigenvalue weighted by Gasteiger charge is -2.29. The molecule has 0 radical (unpaired) electrons. The maximum atomic E-state index is 11.6. The number of rotatable bonds is 3. The molecule has 0 bridgehead atoms. The zero-order chi connectivity index (χ0) is 11.6. The fourth-order valence-corrected chi connectivity index (χ4v) is 2.12. The van der Waals surface area contributed by atoms with E-state index in [-0.39, 0.29) is 17.5 Å². The van der Waals surface area contributed by atoms with Gasteiger partial charge >= 0.3 is 5.97 Å². The molecule has 0 N–H and O–H groups in total. The van der Waals surface area contributed by atoms with Gasteiger partial charge in [-0.25, -0.2) is 0 Å². The summed E-state index contributed by atoms with van der Waals surface area (Å²) in [5, 5.41) is 0. The van der Waals surface area contributed by atoms with Crippen LogP contribution in [0.3, 0.4) is 0 Å². The largest absolute Gasteiger partial charge is 0.468 e. The minimum absolute atomic E-state index is 0.122. The normalized spacial score (nSPS) is 24.7. The highest BCUT2D eigenvalue weighted by Gasteiger charge is 2.49. The molecule has 0 amide bonds. The first-order valence-electron chi connectivity index (χ1n) is 5.04. The zero-order valence-corrected chi connectivity index (χ0v) is 9.33. The van der Waals surface area contributed by atoms with E-state index >= 15 is 0 Å². The first-order chi connectivity index (χ1) is 6.92. The number of ketones is 2. The van der Waals surface area contributed by atoms with E-state index in [0.29, 0.717) is 19.3 Å². The predicted octanol–water partition coefficient (Wildman–Crippen LogP) is 1.12. The molecule has 84 valence electrons.